The van der Waals surface area contributed by atoms with Crippen molar-refractivity contribution in [2.24, 2.45) is 11.7 Å². The SMILES string of the molecule is NCC1CC(C(=O)O)NC1=O. The third-order valence-corrected chi connectivity index (χ3v) is 1.79. The summed E-state index contributed by atoms with van der Waals surface area (Å²) < 4.78 is 0. The highest BCUT2D eigenvalue weighted by Crippen LogP contribution is 2.13. The van der Waals surface area contributed by atoms with Crippen molar-refractivity contribution in [3.05, 3.63) is 0 Å². The Morgan fingerprint density at radius 2 is 2.45 bits per heavy atom. The first-order valence-electron chi connectivity index (χ1n) is 3.38. The second kappa shape index (κ2) is 2.87. The Hall–Kier alpha value is -1.10. The maximum Gasteiger partial charge on any atom is 0.326 e. The molecule has 0 aromatic heterocycles. The van der Waals surface area contributed by atoms with Gasteiger partial charge in [-0.25, -0.2) is 4.79 Å². The molecule has 2 unspecified atom stereocenters. The van der Waals surface area contributed by atoms with Crippen LogP contribution in [0.1, 0.15) is 6.42 Å². The Morgan fingerprint density at radius 3 is 2.73 bits per heavy atom. The lowest BCUT2D eigenvalue weighted by atomic mass is 10.1. The van der Waals surface area contributed by atoms with Crippen LogP contribution in [0.4, 0.5) is 0 Å². The number of carboxylic acid groups (broad SMARTS) is 1. The third kappa shape index (κ3) is 1.48. The van der Waals surface area contributed by atoms with Gasteiger partial charge in [-0.3, -0.25) is 4.79 Å². The maximum atomic E-state index is 10.9. The highest BCUT2D eigenvalue weighted by molar-refractivity contribution is 5.89. The average molecular weight is 158 g/mol. The molecular weight excluding hydrogens is 148 g/mol. The van der Waals surface area contributed by atoms with E-state index < -0.39 is 12.0 Å². The molecule has 11 heavy (non-hydrogen) atoms. The summed E-state index contributed by atoms with van der Waals surface area (Å²) >= 11 is 0. The largest absolute Gasteiger partial charge is 0.480 e. The van der Waals surface area contributed by atoms with Gasteiger partial charge in [0.2, 0.25) is 5.91 Å². The first-order valence-corrected chi connectivity index (χ1v) is 3.38. The predicted octanol–water partition coefficient (Wildman–Crippen LogP) is -1.47. The smallest absolute Gasteiger partial charge is 0.326 e. The van der Waals surface area contributed by atoms with E-state index >= 15 is 0 Å². The predicted molar refractivity (Wildman–Crippen MR) is 36.7 cm³/mol. The van der Waals surface area contributed by atoms with Crippen molar-refractivity contribution in [3.63, 3.8) is 0 Å². The van der Waals surface area contributed by atoms with Gasteiger partial charge in [-0.15, -0.1) is 0 Å². The summed E-state index contributed by atoms with van der Waals surface area (Å²) in [6.07, 6.45) is 0.310. The minimum atomic E-state index is -0.991. The highest BCUT2D eigenvalue weighted by Gasteiger charge is 2.34. The number of hydrogen-bond donors (Lipinski definition) is 3. The lowest BCUT2D eigenvalue weighted by molar-refractivity contribution is -0.140. The minimum Gasteiger partial charge on any atom is -0.480 e. The van der Waals surface area contributed by atoms with Crippen molar-refractivity contribution < 1.29 is 14.7 Å². The molecule has 0 aromatic rings. The van der Waals surface area contributed by atoms with Crippen molar-refractivity contribution in [3.8, 4) is 0 Å². The fourth-order valence-corrected chi connectivity index (χ4v) is 1.11. The summed E-state index contributed by atoms with van der Waals surface area (Å²) in [5.41, 5.74) is 5.23. The number of hydrogen-bond acceptors (Lipinski definition) is 3. The molecule has 0 aliphatic carbocycles. The van der Waals surface area contributed by atoms with Gasteiger partial charge in [-0.1, -0.05) is 0 Å². The van der Waals surface area contributed by atoms with Crippen LogP contribution in [0.2, 0.25) is 0 Å². The monoisotopic (exact) mass is 158 g/mol. The zero-order valence-electron chi connectivity index (χ0n) is 5.91. The van der Waals surface area contributed by atoms with E-state index in [1.165, 1.54) is 0 Å². The van der Waals surface area contributed by atoms with E-state index in [-0.39, 0.29) is 18.4 Å². The van der Waals surface area contributed by atoms with Crippen molar-refractivity contribution in [2.75, 3.05) is 6.54 Å². The van der Waals surface area contributed by atoms with Gasteiger partial charge in [-0.2, -0.15) is 0 Å². The molecule has 1 aliphatic heterocycles. The van der Waals surface area contributed by atoms with Gasteiger partial charge in [-0.05, 0) is 6.42 Å². The Kier molecular flexibility index (Phi) is 2.09. The molecule has 1 amide bonds. The van der Waals surface area contributed by atoms with Crippen LogP contribution < -0.4 is 11.1 Å². The molecule has 2 atom stereocenters. The molecule has 1 fully saturated rings. The molecular formula is C6H10N2O3. The summed E-state index contributed by atoms with van der Waals surface area (Å²) in [4.78, 5) is 21.2. The topological polar surface area (TPSA) is 92.4 Å². The summed E-state index contributed by atoms with van der Waals surface area (Å²) in [6.45, 7) is 0.218. The van der Waals surface area contributed by atoms with Crippen LogP contribution in [0.25, 0.3) is 0 Å². The molecule has 4 N–H and O–H groups in total. The third-order valence-electron chi connectivity index (χ3n) is 1.79. The molecule has 0 aromatic carbocycles. The fraction of sp³-hybridized carbons (Fsp3) is 0.667. The number of amides is 1. The number of nitrogens with one attached hydrogen (secondary N) is 1. The van der Waals surface area contributed by atoms with Gasteiger partial charge in [0.1, 0.15) is 6.04 Å². The van der Waals surface area contributed by atoms with Crippen LogP contribution in [-0.2, 0) is 9.59 Å². The molecule has 62 valence electrons. The van der Waals surface area contributed by atoms with Gasteiger partial charge in [0.15, 0.2) is 0 Å². The zero-order valence-corrected chi connectivity index (χ0v) is 5.91. The number of rotatable bonds is 2. The van der Waals surface area contributed by atoms with Crippen LogP contribution in [0.3, 0.4) is 0 Å². The summed E-state index contributed by atoms with van der Waals surface area (Å²) in [6, 6.07) is -0.740. The number of carbonyl (C=O) groups excluding carboxylic acids is 1. The van der Waals surface area contributed by atoms with E-state index in [1.54, 1.807) is 0 Å². The minimum absolute atomic E-state index is 0.218. The van der Waals surface area contributed by atoms with E-state index in [0.29, 0.717) is 6.42 Å². The van der Waals surface area contributed by atoms with Crippen LogP contribution >= 0.6 is 0 Å². The zero-order chi connectivity index (χ0) is 8.43. The van der Waals surface area contributed by atoms with Gasteiger partial charge in [0.05, 0.1) is 5.92 Å². The quantitative estimate of drug-likeness (QED) is 0.457. The molecule has 1 rings (SSSR count). The number of aliphatic carboxylic acids is 1. The second-order valence-electron chi connectivity index (χ2n) is 2.57. The Morgan fingerprint density at radius 1 is 1.82 bits per heavy atom. The van der Waals surface area contributed by atoms with E-state index in [0.717, 1.165) is 0 Å². The van der Waals surface area contributed by atoms with Gasteiger partial charge in [0.25, 0.3) is 0 Å². The van der Waals surface area contributed by atoms with Crippen molar-refractivity contribution >= 4 is 11.9 Å². The molecule has 5 nitrogen and oxygen atoms in total. The Balaban J connectivity index is 2.56. The molecule has 1 heterocycles. The molecule has 0 saturated carbocycles. The molecule has 0 spiro atoms. The second-order valence-corrected chi connectivity index (χ2v) is 2.57. The van der Waals surface area contributed by atoms with Crippen molar-refractivity contribution in [1.29, 1.82) is 0 Å². The maximum absolute atomic E-state index is 10.9. The Labute approximate surface area is 63.6 Å². The van der Waals surface area contributed by atoms with Gasteiger partial charge in [0, 0.05) is 6.54 Å². The van der Waals surface area contributed by atoms with E-state index in [9.17, 15) is 9.59 Å². The molecule has 5 heteroatoms. The molecule has 1 saturated heterocycles. The average Bonchev–Trinajstić information content (AvgIpc) is 2.31. The fourth-order valence-electron chi connectivity index (χ4n) is 1.11. The van der Waals surface area contributed by atoms with E-state index in [1.807, 2.05) is 0 Å². The normalized spacial score (nSPS) is 30.1. The molecule has 1 aliphatic rings. The standard InChI is InChI=1S/C6H10N2O3/c7-2-3-1-4(6(10)11)8-5(3)9/h3-4H,1-2,7H2,(H,8,9)(H,10,11). The number of nitrogens with two attached hydrogens (primary N) is 1. The van der Waals surface area contributed by atoms with Gasteiger partial charge >= 0.3 is 5.97 Å². The van der Waals surface area contributed by atoms with E-state index in [2.05, 4.69) is 5.32 Å². The number of carboxylic acids is 1. The molecule has 0 bridgehead atoms. The van der Waals surface area contributed by atoms with Crippen molar-refractivity contribution in [1.82, 2.24) is 5.32 Å². The first-order chi connectivity index (χ1) is 5.15. The van der Waals surface area contributed by atoms with Crippen LogP contribution in [0.15, 0.2) is 0 Å². The van der Waals surface area contributed by atoms with Crippen molar-refractivity contribution in [2.45, 2.75) is 12.5 Å². The summed E-state index contributed by atoms with van der Waals surface area (Å²) in [7, 11) is 0. The number of carbonyl (C=O) groups is 2. The van der Waals surface area contributed by atoms with Crippen LogP contribution in [0, 0.1) is 5.92 Å². The Bertz CT molecular complexity index is 192. The van der Waals surface area contributed by atoms with Crippen LogP contribution in [0.5, 0.6) is 0 Å². The van der Waals surface area contributed by atoms with Crippen LogP contribution in [-0.4, -0.2) is 29.6 Å². The summed E-state index contributed by atoms with van der Waals surface area (Å²) in [5, 5.41) is 10.8. The lowest BCUT2D eigenvalue weighted by Crippen LogP contribution is -2.33. The van der Waals surface area contributed by atoms with E-state index in [4.69, 9.17) is 10.8 Å². The first kappa shape index (κ1) is 8.00. The molecule has 0 radical (unpaired) electrons. The summed E-state index contributed by atoms with van der Waals surface area (Å²) in [5.74, 6) is -1.56. The van der Waals surface area contributed by atoms with Gasteiger partial charge < -0.3 is 16.2 Å². The highest BCUT2D eigenvalue weighted by atomic mass is 16.4. The lowest BCUT2D eigenvalue weighted by Gasteiger charge is -2.00.